The van der Waals surface area contributed by atoms with Gasteiger partial charge in [0.15, 0.2) is 0 Å². The summed E-state index contributed by atoms with van der Waals surface area (Å²) < 4.78 is 0. The summed E-state index contributed by atoms with van der Waals surface area (Å²) in [7, 11) is 0. The topological polar surface area (TPSA) is 86.7 Å². The molecular formula is C19H26N2O4. The van der Waals surface area contributed by atoms with Crippen LogP contribution in [0.3, 0.4) is 0 Å². The minimum atomic E-state index is -1.03. The van der Waals surface area contributed by atoms with Crippen LogP contribution in [0.2, 0.25) is 0 Å². The standard InChI is InChI=1S/C19H26N2O4/c1-12-7-8-13(17(23)24)10-15(12)20-16(22)14-6-5-9-21(11-14)18(25)19(2,3)4/h7-8,10,14H,5-6,9,11H2,1-4H3,(H,20,22)(H,23,24). The molecule has 1 aliphatic heterocycles. The number of carboxylic acid groups (broad SMARTS) is 1. The first-order valence-electron chi connectivity index (χ1n) is 8.54. The number of nitrogens with one attached hydrogen (secondary N) is 1. The molecule has 6 nitrogen and oxygen atoms in total. The van der Waals surface area contributed by atoms with E-state index >= 15 is 0 Å². The van der Waals surface area contributed by atoms with Crippen LogP contribution in [-0.2, 0) is 9.59 Å². The van der Waals surface area contributed by atoms with E-state index in [1.165, 1.54) is 12.1 Å². The second-order valence-electron chi connectivity index (χ2n) is 7.66. The minimum absolute atomic E-state index is 0.0501. The number of rotatable bonds is 3. The van der Waals surface area contributed by atoms with Crippen LogP contribution < -0.4 is 5.32 Å². The molecule has 1 aromatic carbocycles. The van der Waals surface area contributed by atoms with Crippen LogP contribution in [0.25, 0.3) is 0 Å². The maximum absolute atomic E-state index is 12.6. The van der Waals surface area contributed by atoms with Gasteiger partial charge in [0.2, 0.25) is 11.8 Å². The van der Waals surface area contributed by atoms with Crippen molar-refractivity contribution in [2.75, 3.05) is 18.4 Å². The third-order valence-electron chi connectivity index (χ3n) is 4.46. The number of aryl methyl sites for hydroxylation is 1. The van der Waals surface area contributed by atoms with Gasteiger partial charge >= 0.3 is 5.97 Å². The lowest BCUT2D eigenvalue weighted by Crippen LogP contribution is -2.47. The fraction of sp³-hybridized carbons (Fsp3) is 0.526. The van der Waals surface area contributed by atoms with Crippen molar-refractivity contribution in [3.63, 3.8) is 0 Å². The molecule has 1 saturated heterocycles. The van der Waals surface area contributed by atoms with Gasteiger partial charge in [-0.25, -0.2) is 4.79 Å². The molecule has 6 heteroatoms. The average Bonchev–Trinajstić information content (AvgIpc) is 2.55. The number of benzene rings is 1. The Hall–Kier alpha value is -2.37. The predicted octanol–water partition coefficient (Wildman–Crippen LogP) is 2.92. The highest BCUT2D eigenvalue weighted by molar-refractivity contribution is 5.96. The van der Waals surface area contributed by atoms with Crippen LogP contribution in [0.4, 0.5) is 5.69 Å². The summed E-state index contributed by atoms with van der Waals surface area (Å²) in [4.78, 5) is 37.9. The summed E-state index contributed by atoms with van der Waals surface area (Å²) in [6, 6.07) is 4.66. The summed E-state index contributed by atoms with van der Waals surface area (Å²) in [5, 5.41) is 11.9. The van der Waals surface area contributed by atoms with Gasteiger partial charge < -0.3 is 15.3 Å². The smallest absolute Gasteiger partial charge is 0.335 e. The molecule has 1 aromatic rings. The van der Waals surface area contributed by atoms with E-state index in [1.54, 1.807) is 11.0 Å². The first-order valence-corrected chi connectivity index (χ1v) is 8.54. The number of carbonyl (C=O) groups is 3. The van der Waals surface area contributed by atoms with Gasteiger partial charge in [-0.3, -0.25) is 9.59 Å². The zero-order valence-electron chi connectivity index (χ0n) is 15.3. The number of carboxylic acids is 1. The Morgan fingerprint density at radius 3 is 2.52 bits per heavy atom. The minimum Gasteiger partial charge on any atom is -0.478 e. The molecule has 136 valence electrons. The number of aromatic carboxylic acids is 1. The molecule has 0 saturated carbocycles. The fourth-order valence-electron chi connectivity index (χ4n) is 2.97. The molecule has 2 rings (SSSR count). The van der Waals surface area contributed by atoms with E-state index in [4.69, 9.17) is 5.11 Å². The summed E-state index contributed by atoms with van der Waals surface area (Å²) in [6.07, 6.45) is 1.51. The third-order valence-corrected chi connectivity index (χ3v) is 4.46. The zero-order chi connectivity index (χ0) is 18.8. The molecule has 0 spiro atoms. The molecule has 1 atom stereocenters. The van der Waals surface area contributed by atoms with Crippen LogP contribution in [-0.4, -0.2) is 40.9 Å². The van der Waals surface area contributed by atoms with Gasteiger partial charge in [-0.1, -0.05) is 26.8 Å². The summed E-state index contributed by atoms with van der Waals surface area (Å²) in [5.41, 5.74) is 0.972. The molecule has 0 aromatic heterocycles. The number of hydrogen-bond acceptors (Lipinski definition) is 3. The first kappa shape index (κ1) is 19.0. The predicted molar refractivity (Wildman–Crippen MR) is 95.5 cm³/mol. The molecular weight excluding hydrogens is 320 g/mol. The molecule has 2 amide bonds. The second kappa shape index (κ2) is 7.25. The van der Waals surface area contributed by atoms with Crippen molar-refractivity contribution >= 4 is 23.5 Å². The molecule has 0 aliphatic carbocycles. The Labute approximate surface area is 148 Å². The summed E-state index contributed by atoms with van der Waals surface area (Å²) in [5.74, 6) is -1.44. The van der Waals surface area contributed by atoms with Crippen molar-refractivity contribution in [2.24, 2.45) is 11.3 Å². The molecule has 1 unspecified atom stereocenters. The van der Waals surface area contributed by atoms with E-state index in [2.05, 4.69) is 5.32 Å². The van der Waals surface area contributed by atoms with Crippen LogP contribution in [0.5, 0.6) is 0 Å². The van der Waals surface area contributed by atoms with Gasteiger partial charge in [0.05, 0.1) is 11.5 Å². The largest absolute Gasteiger partial charge is 0.478 e. The van der Waals surface area contributed by atoms with Gasteiger partial charge in [0.25, 0.3) is 0 Å². The van der Waals surface area contributed by atoms with E-state index in [0.29, 0.717) is 18.8 Å². The van der Waals surface area contributed by atoms with Crippen LogP contribution in [0.15, 0.2) is 18.2 Å². The van der Waals surface area contributed by atoms with Gasteiger partial charge in [0, 0.05) is 24.2 Å². The Bertz CT molecular complexity index is 691. The highest BCUT2D eigenvalue weighted by atomic mass is 16.4. The van der Waals surface area contributed by atoms with Crippen molar-refractivity contribution in [3.05, 3.63) is 29.3 Å². The van der Waals surface area contributed by atoms with Crippen molar-refractivity contribution in [2.45, 2.75) is 40.5 Å². The monoisotopic (exact) mass is 346 g/mol. The molecule has 0 bridgehead atoms. The Morgan fingerprint density at radius 2 is 1.92 bits per heavy atom. The van der Waals surface area contributed by atoms with Crippen molar-refractivity contribution < 1.29 is 19.5 Å². The second-order valence-corrected chi connectivity index (χ2v) is 7.66. The van der Waals surface area contributed by atoms with Crippen molar-refractivity contribution in [1.29, 1.82) is 0 Å². The number of piperidine rings is 1. The molecule has 2 N–H and O–H groups in total. The number of amides is 2. The average molecular weight is 346 g/mol. The first-order chi connectivity index (χ1) is 11.6. The van der Waals surface area contributed by atoms with Crippen LogP contribution in [0.1, 0.15) is 49.5 Å². The van der Waals surface area contributed by atoms with E-state index in [-0.39, 0.29) is 23.3 Å². The summed E-state index contributed by atoms with van der Waals surface area (Å²) in [6.45, 7) is 8.52. The van der Waals surface area contributed by atoms with E-state index in [9.17, 15) is 14.4 Å². The van der Waals surface area contributed by atoms with E-state index < -0.39 is 11.4 Å². The highest BCUT2D eigenvalue weighted by Gasteiger charge is 2.33. The van der Waals surface area contributed by atoms with Gasteiger partial charge in [-0.15, -0.1) is 0 Å². The molecule has 1 aliphatic rings. The lowest BCUT2D eigenvalue weighted by Gasteiger charge is -2.36. The maximum Gasteiger partial charge on any atom is 0.335 e. The van der Waals surface area contributed by atoms with E-state index in [0.717, 1.165) is 18.4 Å². The van der Waals surface area contributed by atoms with Crippen LogP contribution in [0, 0.1) is 18.3 Å². The Balaban J connectivity index is 2.09. The fourth-order valence-corrected chi connectivity index (χ4v) is 2.97. The molecule has 0 radical (unpaired) electrons. The number of hydrogen-bond donors (Lipinski definition) is 2. The maximum atomic E-state index is 12.6. The zero-order valence-corrected chi connectivity index (χ0v) is 15.3. The van der Waals surface area contributed by atoms with Gasteiger partial charge in [-0.05, 0) is 37.5 Å². The lowest BCUT2D eigenvalue weighted by molar-refractivity contribution is -0.142. The summed E-state index contributed by atoms with van der Waals surface area (Å²) >= 11 is 0. The Morgan fingerprint density at radius 1 is 1.24 bits per heavy atom. The van der Waals surface area contributed by atoms with Crippen LogP contribution >= 0.6 is 0 Å². The Kier molecular flexibility index (Phi) is 5.50. The number of anilines is 1. The van der Waals surface area contributed by atoms with E-state index in [1.807, 2.05) is 27.7 Å². The van der Waals surface area contributed by atoms with Gasteiger partial charge in [-0.2, -0.15) is 0 Å². The third kappa shape index (κ3) is 4.59. The number of nitrogens with zero attached hydrogens (tertiary/aromatic N) is 1. The molecule has 25 heavy (non-hydrogen) atoms. The molecule has 1 fully saturated rings. The molecule has 1 heterocycles. The number of likely N-dealkylation sites (tertiary alicyclic amines) is 1. The highest BCUT2D eigenvalue weighted by Crippen LogP contribution is 2.25. The van der Waals surface area contributed by atoms with Crippen molar-refractivity contribution in [1.82, 2.24) is 4.90 Å². The van der Waals surface area contributed by atoms with Crippen molar-refractivity contribution in [3.8, 4) is 0 Å². The SMILES string of the molecule is Cc1ccc(C(=O)O)cc1NC(=O)C1CCCN(C(=O)C(C)(C)C)C1. The van der Waals surface area contributed by atoms with Gasteiger partial charge in [0.1, 0.15) is 0 Å². The number of carbonyl (C=O) groups excluding carboxylic acids is 2. The lowest BCUT2D eigenvalue weighted by atomic mass is 9.91. The quantitative estimate of drug-likeness (QED) is 0.881. The normalized spacial score (nSPS) is 17.9.